The van der Waals surface area contributed by atoms with Gasteiger partial charge in [0.2, 0.25) is 0 Å². The van der Waals surface area contributed by atoms with Gasteiger partial charge >= 0.3 is 0 Å². The van der Waals surface area contributed by atoms with Crippen LogP contribution in [-0.4, -0.2) is 36.5 Å². The van der Waals surface area contributed by atoms with Crippen LogP contribution in [0.25, 0.3) is 0 Å². The predicted octanol–water partition coefficient (Wildman–Crippen LogP) is 2.61. The van der Waals surface area contributed by atoms with Crippen molar-refractivity contribution in [3.05, 3.63) is 36.0 Å². The average molecular weight is 303 g/mol. The van der Waals surface area contributed by atoms with E-state index in [2.05, 4.69) is 20.9 Å². The number of hydrogen-bond donors (Lipinski definition) is 0. The summed E-state index contributed by atoms with van der Waals surface area (Å²) in [5.74, 6) is 2.54. The Balaban J connectivity index is 1.76. The molecular formula is C15H17N3O2S. The maximum absolute atomic E-state index is 5.62. The minimum Gasteiger partial charge on any atom is -0.486 e. The summed E-state index contributed by atoms with van der Waals surface area (Å²) >= 11 is 1.54. The standard InChI is InChI=1S/C15H17N3O2S/c1-18(14-5-6-16-15(17-14)21-2)10-11-3-4-12-13(9-11)20-8-7-19-12/h3-6,9H,7-8,10H2,1-2H3. The Morgan fingerprint density at radius 2 is 2.00 bits per heavy atom. The number of ether oxygens (including phenoxy) is 2. The SMILES string of the molecule is CSc1nccc(N(C)Cc2ccc3c(c2)OCCO3)n1. The highest BCUT2D eigenvalue weighted by Crippen LogP contribution is 2.31. The highest BCUT2D eigenvalue weighted by molar-refractivity contribution is 7.98. The summed E-state index contributed by atoms with van der Waals surface area (Å²) in [6, 6.07) is 7.96. The van der Waals surface area contributed by atoms with Crippen molar-refractivity contribution in [2.24, 2.45) is 0 Å². The highest BCUT2D eigenvalue weighted by Gasteiger charge is 2.13. The van der Waals surface area contributed by atoms with Crippen molar-refractivity contribution in [1.29, 1.82) is 0 Å². The van der Waals surface area contributed by atoms with Crippen molar-refractivity contribution in [3.63, 3.8) is 0 Å². The Bertz CT molecular complexity index is 636. The van der Waals surface area contributed by atoms with Gasteiger partial charge in [0.05, 0.1) is 0 Å². The van der Waals surface area contributed by atoms with Crippen molar-refractivity contribution in [1.82, 2.24) is 9.97 Å². The zero-order valence-electron chi connectivity index (χ0n) is 12.1. The first kappa shape index (κ1) is 14.0. The number of fused-ring (bicyclic) bond motifs is 1. The molecule has 0 aliphatic carbocycles. The number of rotatable bonds is 4. The monoisotopic (exact) mass is 303 g/mol. The molecule has 0 N–H and O–H groups in total. The van der Waals surface area contributed by atoms with E-state index in [4.69, 9.17) is 9.47 Å². The Hall–Kier alpha value is -1.95. The van der Waals surface area contributed by atoms with Gasteiger partial charge in [-0.1, -0.05) is 17.8 Å². The smallest absolute Gasteiger partial charge is 0.189 e. The molecule has 21 heavy (non-hydrogen) atoms. The lowest BCUT2D eigenvalue weighted by atomic mass is 10.2. The molecule has 1 aromatic heterocycles. The molecule has 0 fully saturated rings. The molecule has 0 amide bonds. The molecule has 0 bridgehead atoms. The zero-order valence-corrected chi connectivity index (χ0v) is 12.9. The number of aromatic nitrogens is 2. The third kappa shape index (κ3) is 3.21. The van der Waals surface area contributed by atoms with Crippen LogP contribution >= 0.6 is 11.8 Å². The van der Waals surface area contributed by atoms with Crippen LogP contribution in [0.5, 0.6) is 11.5 Å². The molecule has 2 aromatic rings. The fourth-order valence-electron chi connectivity index (χ4n) is 2.18. The molecule has 0 atom stereocenters. The minimum atomic E-state index is 0.606. The van der Waals surface area contributed by atoms with Gasteiger partial charge in [0, 0.05) is 19.8 Å². The molecule has 110 valence electrons. The topological polar surface area (TPSA) is 47.5 Å². The zero-order chi connectivity index (χ0) is 14.7. The fourth-order valence-corrected chi connectivity index (χ4v) is 2.53. The van der Waals surface area contributed by atoms with E-state index in [0.717, 1.165) is 34.6 Å². The Morgan fingerprint density at radius 1 is 1.19 bits per heavy atom. The number of hydrogen-bond acceptors (Lipinski definition) is 6. The summed E-state index contributed by atoms with van der Waals surface area (Å²) < 4.78 is 11.2. The van der Waals surface area contributed by atoms with E-state index in [0.29, 0.717) is 13.2 Å². The second-order valence-corrected chi connectivity index (χ2v) is 5.51. The van der Waals surface area contributed by atoms with Crippen LogP contribution in [0.3, 0.4) is 0 Å². The quantitative estimate of drug-likeness (QED) is 0.639. The third-order valence-electron chi connectivity index (χ3n) is 3.22. The van der Waals surface area contributed by atoms with Crippen molar-refractivity contribution in [3.8, 4) is 11.5 Å². The van der Waals surface area contributed by atoms with E-state index in [1.165, 1.54) is 11.8 Å². The largest absolute Gasteiger partial charge is 0.486 e. The van der Waals surface area contributed by atoms with Crippen LogP contribution < -0.4 is 14.4 Å². The Labute approximate surface area is 128 Å². The van der Waals surface area contributed by atoms with Crippen molar-refractivity contribution >= 4 is 17.6 Å². The number of thioether (sulfide) groups is 1. The lowest BCUT2D eigenvalue weighted by Gasteiger charge is -2.21. The van der Waals surface area contributed by atoms with Gasteiger partial charge in [-0.2, -0.15) is 0 Å². The molecule has 0 spiro atoms. The lowest BCUT2D eigenvalue weighted by Crippen LogP contribution is -2.19. The summed E-state index contributed by atoms with van der Waals surface area (Å²) in [5.41, 5.74) is 1.16. The second kappa shape index (κ2) is 6.22. The molecule has 3 rings (SSSR count). The molecule has 5 nitrogen and oxygen atoms in total. The van der Waals surface area contributed by atoms with Crippen molar-refractivity contribution in [2.45, 2.75) is 11.7 Å². The average Bonchev–Trinajstić information content (AvgIpc) is 2.54. The summed E-state index contributed by atoms with van der Waals surface area (Å²) in [6.07, 6.45) is 3.76. The molecular weight excluding hydrogens is 286 g/mol. The van der Waals surface area contributed by atoms with Gasteiger partial charge in [0.15, 0.2) is 16.7 Å². The minimum absolute atomic E-state index is 0.606. The van der Waals surface area contributed by atoms with Gasteiger partial charge in [0.25, 0.3) is 0 Å². The van der Waals surface area contributed by atoms with Crippen LogP contribution in [-0.2, 0) is 6.54 Å². The first-order chi connectivity index (χ1) is 10.3. The maximum atomic E-state index is 5.62. The lowest BCUT2D eigenvalue weighted by molar-refractivity contribution is 0.171. The van der Waals surface area contributed by atoms with Crippen LogP contribution in [0.15, 0.2) is 35.6 Å². The molecule has 1 aliphatic rings. The number of anilines is 1. The molecule has 0 saturated heterocycles. The van der Waals surface area contributed by atoms with Gasteiger partial charge in [-0.15, -0.1) is 0 Å². The molecule has 1 aromatic carbocycles. The maximum Gasteiger partial charge on any atom is 0.189 e. The summed E-state index contributed by atoms with van der Waals surface area (Å²) in [5, 5.41) is 0.779. The first-order valence-corrected chi connectivity index (χ1v) is 7.95. The van der Waals surface area contributed by atoms with Gasteiger partial charge < -0.3 is 14.4 Å². The summed E-state index contributed by atoms with van der Waals surface area (Å²) in [4.78, 5) is 10.8. The van der Waals surface area contributed by atoms with Gasteiger partial charge in [0.1, 0.15) is 19.0 Å². The fraction of sp³-hybridized carbons (Fsp3) is 0.333. The number of benzene rings is 1. The van der Waals surface area contributed by atoms with E-state index >= 15 is 0 Å². The molecule has 1 aliphatic heterocycles. The van der Waals surface area contributed by atoms with E-state index in [-0.39, 0.29) is 0 Å². The van der Waals surface area contributed by atoms with E-state index in [9.17, 15) is 0 Å². The molecule has 0 saturated carbocycles. The Morgan fingerprint density at radius 3 is 2.81 bits per heavy atom. The molecule has 2 heterocycles. The normalized spacial score (nSPS) is 13.0. The summed E-state index contributed by atoms with van der Waals surface area (Å²) in [7, 11) is 2.02. The van der Waals surface area contributed by atoms with Crippen LogP contribution in [0.4, 0.5) is 5.82 Å². The molecule has 0 radical (unpaired) electrons. The van der Waals surface area contributed by atoms with E-state index in [1.54, 1.807) is 6.20 Å². The van der Waals surface area contributed by atoms with Gasteiger partial charge in [-0.05, 0) is 30.0 Å². The van der Waals surface area contributed by atoms with E-state index in [1.807, 2.05) is 31.5 Å². The van der Waals surface area contributed by atoms with Gasteiger partial charge in [-0.25, -0.2) is 9.97 Å². The first-order valence-electron chi connectivity index (χ1n) is 6.73. The van der Waals surface area contributed by atoms with Crippen LogP contribution in [0, 0.1) is 0 Å². The Kier molecular flexibility index (Phi) is 4.15. The number of nitrogens with zero attached hydrogens (tertiary/aromatic N) is 3. The highest BCUT2D eigenvalue weighted by atomic mass is 32.2. The third-order valence-corrected chi connectivity index (χ3v) is 3.78. The van der Waals surface area contributed by atoms with Crippen LogP contribution in [0.2, 0.25) is 0 Å². The molecule has 0 unspecified atom stereocenters. The van der Waals surface area contributed by atoms with Crippen molar-refractivity contribution in [2.75, 3.05) is 31.4 Å². The molecule has 6 heteroatoms. The van der Waals surface area contributed by atoms with E-state index < -0.39 is 0 Å². The predicted molar refractivity (Wildman–Crippen MR) is 83.4 cm³/mol. The van der Waals surface area contributed by atoms with Crippen LogP contribution in [0.1, 0.15) is 5.56 Å². The second-order valence-electron chi connectivity index (χ2n) is 4.74. The van der Waals surface area contributed by atoms with Crippen molar-refractivity contribution < 1.29 is 9.47 Å². The van der Waals surface area contributed by atoms with Gasteiger partial charge in [-0.3, -0.25) is 0 Å². The summed E-state index contributed by atoms with van der Waals surface area (Å²) in [6.45, 7) is 1.97.